The van der Waals surface area contributed by atoms with Crippen LogP contribution in [0, 0.1) is 12.7 Å². The average Bonchev–Trinajstić information content (AvgIpc) is 2.32. The van der Waals surface area contributed by atoms with Crippen LogP contribution in [0.4, 0.5) is 4.39 Å². The van der Waals surface area contributed by atoms with Gasteiger partial charge in [0.2, 0.25) is 0 Å². The van der Waals surface area contributed by atoms with Gasteiger partial charge in [-0.3, -0.25) is 4.98 Å². The lowest BCUT2D eigenvalue weighted by Gasteiger charge is -2.04. The number of rotatable bonds is 3. The first-order valence-electron chi connectivity index (χ1n) is 5.39. The van der Waals surface area contributed by atoms with Crippen molar-refractivity contribution in [1.29, 1.82) is 0 Å². The van der Waals surface area contributed by atoms with Crippen LogP contribution in [0.15, 0.2) is 42.7 Å². The lowest BCUT2D eigenvalue weighted by atomic mass is 10.0. The number of hydrogen-bond donors (Lipinski definition) is 0. The van der Waals surface area contributed by atoms with Crippen molar-refractivity contribution >= 4 is 0 Å². The summed E-state index contributed by atoms with van der Waals surface area (Å²) in [6.07, 6.45) is 5.12. The number of pyridine rings is 1. The first-order valence-corrected chi connectivity index (χ1v) is 5.39. The van der Waals surface area contributed by atoms with Gasteiger partial charge in [0.15, 0.2) is 0 Å². The average molecular weight is 215 g/mol. The summed E-state index contributed by atoms with van der Waals surface area (Å²) in [6.45, 7) is 1.98. The van der Waals surface area contributed by atoms with Crippen molar-refractivity contribution in [2.75, 3.05) is 0 Å². The molecule has 1 heterocycles. The molecule has 0 radical (unpaired) electrons. The van der Waals surface area contributed by atoms with Crippen molar-refractivity contribution in [3.05, 3.63) is 65.2 Å². The van der Waals surface area contributed by atoms with Gasteiger partial charge in [-0.25, -0.2) is 4.39 Å². The van der Waals surface area contributed by atoms with Crippen LogP contribution >= 0.6 is 0 Å². The lowest BCUT2D eigenvalue weighted by molar-refractivity contribution is 0.608. The van der Waals surface area contributed by atoms with Crippen LogP contribution in [0.25, 0.3) is 0 Å². The van der Waals surface area contributed by atoms with E-state index in [9.17, 15) is 4.39 Å². The van der Waals surface area contributed by atoms with E-state index in [0.29, 0.717) is 0 Å². The molecule has 0 atom stereocenters. The molecule has 16 heavy (non-hydrogen) atoms. The first-order chi connectivity index (χ1) is 7.75. The fourth-order valence-corrected chi connectivity index (χ4v) is 1.72. The normalized spacial score (nSPS) is 10.4. The summed E-state index contributed by atoms with van der Waals surface area (Å²) < 4.78 is 13.5. The topological polar surface area (TPSA) is 12.9 Å². The SMILES string of the molecule is Cc1ccc(F)c(CCc2cccnc2)c1. The van der Waals surface area contributed by atoms with Gasteiger partial charge in [0, 0.05) is 12.4 Å². The molecule has 2 heteroatoms. The van der Waals surface area contributed by atoms with E-state index in [1.54, 1.807) is 12.3 Å². The monoisotopic (exact) mass is 215 g/mol. The third-order valence-corrected chi connectivity index (χ3v) is 2.61. The Morgan fingerprint density at radius 2 is 2.06 bits per heavy atom. The number of aryl methyl sites for hydroxylation is 3. The molecule has 0 aliphatic heterocycles. The zero-order valence-corrected chi connectivity index (χ0v) is 9.28. The minimum Gasteiger partial charge on any atom is -0.264 e. The summed E-state index contributed by atoms with van der Waals surface area (Å²) in [7, 11) is 0. The molecule has 2 rings (SSSR count). The number of halogens is 1. The van der Waals surface area contributed by atoms with Gasteiger partial charge in [0.25, 0.3) is 0 Å². The highest BCUT2D eigenvalue weighted by Crippen LogP contribution is 2.12. The van der Waals surface area contributed by atoms with E-state index in [0.717, 1.165) is 29.5 Å². The number of nitrogens with zero attached hydrogens (tertiary/aromatic N) is 1. The molecule has 82 valence electrons. The molecule has 0 saturated heterocycles. The Hall–Kier alpha value is -1.70. The fourth-order valence-electron chi connectivity index (χ4n) is 1.72. The molecule has 0 aliphatic rings. The van der Waals surface area contributed by atoms with Gasteiger partial charge in [-0.05, 0) is 43.0 Å². The van der Waals surface area contributed by atoms with E-state index in [1.165, 1.54) is 6.07 Å². The second-order valence-electron chi connectivity index (χ2n) is 3.96. The molecule has 0 amide bonds. The summed E-state index contributed by atoms with van der Waals surface area (Å²) in [4.78, 5) is 4.04. The highest BCUT2D eigenvalue weighted by molar-refractivity contribution is 5.25. The first kappa shape index (κ1) is 10.8. The molecule has 0 spiro atoms. The molecule has 0 N–H and O–H groups in total. The second-order valence-corrected chi connectivity index (χ2v) is 3.96. The Morgan fingerprint density at radius 3 is 2.81 bits per heavy atom. The molecule has 0 unspecified atom stereocenters. The standard InChI is InChI=1S/C14H14FN/c1-11-4-7-14(15)13(9-11)6-5-12-3-2-8-16-10-12/h2-4,7-10H,5-6H2,1H3. The van der Waals surface area contributed by atoms with E-state index in [2.05, 4.69) is 4.98 Å². The van der Waals surface area contributed by atoms with E-state index in [-0.39, 0.29) is 5.82 Å². The van der Waals surface area contributed by atoms with Crippen LogP contribution in [-0.4, -0.2) is 4.98 Å². The largest absolute Gasteiger partial charge is 0.264 e. The molecule has 1 aromatic heterocycles. The van der Waals surface area contributed by atoms with E-state index < -0.39 is 0 Å². The molecule has 0 bridgehead atoms. The Labute approximate surface area is 95.0 Å². The minimum absolute atomic E-state index is 0.116. The third-order valence-electron chi connectivity index (χ3n) is 2.61. The van der Waals surface area contributed by atoms with E-state index in [4.69, 9.17) is 0 Å². The van der Waals surface area contributed by atoms with Crippen molar-refractivity contribution in [3.8, 4) is 0 Å². The predicted molar refractivity (Wildman–Crippen MR) is 62.8 cm³/mol. The van der Waals surface area contributed by atoms with Crippen LogP contribution < -0.4 is 0 Å². The molecule has 1 aromatic carbocycles. The smallest absolute Gasteiger partial charge is 0.126 e. The van der Waals surface area contributed by atoms with Gasteiger partial charge in [0.05, 0.1) is 0 Å². The Bertz CT molecular complexity index is 465. The molecular formula is C14H14FN. The maximum absolute atomic E-state index is 13.5. The van der Waals surface area contributed by atoms with Crippen LogP contribution in [0.3, 0.4) is 0 Å². The summed E-state index contributed by atoms with van der Waals surface area (Å²) in [5.41, 5.74) is 3.02. The zero-order chi connectivity index (χ0) is 11.4. The Morgan fingerprint density at radius 1 is 1.19 bits per heavy atom. The summed E-state index contributed by atoms with van der Waals surface area (Å²) in [5, 5.41) is 0. The molecular weight excluding hydrogens is 201 g/mol. The van der Waals surface area contributed by atoms with Gasteiger partial charge in [0.1, 0.15) is 5.82 Å². The maximum atomic E-state index is 13.5. The van der Waals surface area contributed by atoms with Crippen LogP contribution in [0.5, 0.6) is 0 Å². The lowest BCUT2D eigenvalue weighted by Crippen LogP contribution is -1.95. The predicted octanol–water partition coefficient (Wildman–Crippen LogP) is 3.31. The zero-order valence-electron chi connectivity index (χ0n) is 9.28. The minimum atomic E-state index is -0.116. The number of hydrogen-bond acceptors (Lipinski definition) is 1. The van der Waals surface area contributed by atoms with Crippen LogP contribution in [-0.2, 0) is 12.8 Å². The van der Waals surface area contributed by atoms with Crippen LogP contribution in [0.2, 0.25) is 0 Å². The van der Waals surface area contributed by atoms with Crippen molar-refractivity contribution in [2.45, 2.75) is 19.8 Å². The molecule has 0 fully saturated rings. The number of aromatic nitrogens is 1. The van der Waals surface area contributed by atoms with Gasteiger partial charge in [-0.2, -0.15) is 0 Å². The highest BCUT2D eigenvalue weighted by Gasteiger charge is 2.02. The molecule has 0 saturated carbocycles. The molecule has 2 aromatic rings. The summed E-state index contributed by atoms with van der Waals surface area (Å²) >= 11 is 0. The quantitative estimate of drug-likeness (QED) is 0.765. The number of benzene rings is 1. The summed E-state index contributed by atoms with van der Waals surface area (Å²) in [6, 6.07) is 9.16. The van der Waals surface area contributed by atoms with E-state index in [1.807, 2.05) is 31.3 Å². The Kier molecular flexibility index (Phi) is 3.30. The molecule has 0 aliphatic carbocycles. The van der Waals surface area contributed by atoms with Crippen molar-refractivity contribution in [1.82, 2.24) is 4.98 Å². The van der Waals surface area contributed by atoms with Gasteiger partial charge >= 0.3 is 0 Å². The highest BCUT2D eigenvalue weighted by atomic mass is 19.1. The Balaban J connectivity index is 2.08. The van der Waals surface area contributed by atoms with Gasteiger partial charge < -0.3 is 0 Å². The fraction of sp³-hybridized carbons (Fsp3) is 0.214. The van der Waals surface area contributed by atoms with Crippen molar-refractivity contribution in [2.24, 2.45) is 0 Å². The second kappa shape index (κ2) is 4.88. The van der Waals surface area contributed by atoms with Crippen LogP contribution in [0.1, 0.15) is 16.7 Å². The third kappa shape index (κ3) is 2.66. The van der Waals surface area contributed by atoms with Crippen molar-refractivity contribution in [3.63, 3.8) is 0 Å². The maximum Gasteiger partial charge on any atom is 0.126 e. The van der Waals surface area contributed by atoms with Gasteiger partial charge in [-0.15, -0.1) is 0 Å². The molecule has 1 nitrogen and oxygen atoms in total. The van der Waals surface area contributed by atoms with E-state index >= 15 is 0 Å². The van der Waals surface area contributed by atoms with Crippen molar-refractivity contribution < 1.29 is 4.39 Å². The summed E-state index contributed by atoms with van der Waals surface area (Å²) in [5.74, 6) is -0.116. The van der Waals surface area contributed by atoms with Gasteiger partial charge in [-0.1, -0.05) is 23.8 Å².